The highest BCUT2D eigenvalue weighted by molar-refractivity contribution is 6.36. The Labute approximate surface area is 206 Å². The highest BCUT2D eigenvalue weighted by Gasteiger charge is 2.53. The Kier molecular flexibility index (Phi) is 5.51. The molecule has 2 fully saturated rings. The minimum absolute atomic E-state index is 0.268. The second-order valence-corrected chi connectivity index (χ2v) is 9.63. The minimum Gasteiger partial charge on any atom is -0.366 e. The van der Waals surface area contributed by atoms with Gasteiger partial charge in [-0.25, -0.2) is 4.98 Å². The molecule has 3 aromatic heterocycles. The van der Waals surface area contributed by atoms with E-state index < -0.39 is 0 Å². The molecule has 1 aliphatic heterocycles. The lowest BCUT2D eigenvalue weighted by Gasteiger charge is -2.34. The van der Waals surface area contributed by atoms with Crippen molar-refractivity contribution in [1.82, 2.24) is 24.5 Å². The van der Waals surface area contributed by atoms with E-state index in [0.717, 1.165) is 61.4 Å². The number of carbonyl (C=O) groups excluding carboxylic acids is 1. The Bertz CT molecular complexity index is 1340. The van der Waals surface area contributed by atoms with E-state index in [0.29, 0.717) is 17.7 Å². The second-order valence-electron chi connectivity index (χ2n) is 9.63. The highest BCUT2D eigenvalue weighted by atomic mass is 16.2. The molecule has 0 bridgehead atoms. The molecule has 1 saturated heterocycles. The zero-order valence-electron chi connectivity index (χ0n) is 19.6. The van der Waals surface area contributed by atoms with Gasteiger partial charge in [0.25, 0.3) is 0 Å². The summed E-state index contributed by atoms with van der Waals surface area (Å²) in [7, 11) is 6.19. The Balaban J connectivity index is 1.19. The summed E-state index contributed by atoms with van der Waals surface area (Å²) in [6, 6.07) is 16.3. The van der Waals surface area contributed by atoms with Crippen molar-refractivity contribution in [3.8, 4) is 0 Å². The Morgan fingerprint density at radius 2 is 1.89 bits per heavy atom. The molecule has 1 saturated carbocycles. The number of likely N-dealkylation sites (tertiary alicyclic amines) is 1. The second kappa shape index (κ2) is 8.84. The van der Waals surface area contributed by atoms with Gasteiger partial charge in [-0.1, -0.05) is 36.4 Å². The van der Waals surface area contributed by atoms with Gasteiger partial charge in [-0.3, -0.25) is 9.78 Å². The third-order valence-corrected chi connectivity index (χ3v) is 7.40. The van der Waals surface area contributed by atoms with Gasteiger partial charge in [0.1, 0.15) is 19.3 Å². The Morgan fingerprint density at radius 1 is 1.09 bits per heavy atom. The van der Waals surface area contributed by atoms with E-state index in [2.05, 4.69) is 38.5 Å². The number of fused-ring (bicyclic) bond motifs is 1. The van der Waals surface area contributed by atoms with Gasteiger partial charge in [-0.15, -0.1) is 0 Å². The van der Waals surface area contributed by atoms with E-state index in [4.69, 9.17) is 12.8 Å². The molecule has 4 aromatic rings. The monoisotopic (exact) mass is 462 g/mol. The lowest BCUT2D eigenvalue weighted by molar-refractivity contribution is -0.135. The van der Waals surface area contributed by atoms with Gasteiger partial charge < -0.3 is 10.2 Å². The maximum atomic E-state index is 13.5. The summed E-state index contributed by atoms with van der Waals surface area (Å²) in [5, 5.41) is 7.88. The van der Waals surface area contributed by atoms with Crippen molar-refractivity contribution in [2.24, 2.45) is 0 Å². The van der Waals surface area contributed by atoms with Gasteiger partial charge in [0.2, 0.25) is 5.91 Å². The lowest BCUT2D eigenvalue weighted by atomic mass is 9.89. The predicted octanol–water partition coefficient (Wildman–Crippen LogP) is 2.97. The van der Waals surface area contributed by atoms with Crippen LogP contribution in [0.25, 0.3) is 5.65 Å². The van der Waals surface area contributed by atoms with Crippen molar-refractivity contribution < 1.29 is 4.79 Å². The summed E-state index contributed by atoms with van der Waals surface area (Å²) in [5.74, 6) is 1.40. The van der Waals surface area contributed by atoms with Crippen LogP contribution < -0.4 is 10.8 Å². The van der Waals surface area contributed by atoms with Crippen molar-refractivity contribution >= 4 is 30.7 Å². The number of carbonyl (C=O) groups is 1. The first-order valence-electron chi connectivity index (χ1n) is 12.3. The SMILES string of the molecule is [B]c1cnn2c(NCc3cccnc3)cc(C3CCN(C(=O)C4(c5ccccc5)CC4)CC3)nc12. The summed E-state index contributed by atoms with van der Waals surface area (Å²) < 4.78 is 1.75. The van der Waals surface area contributed by atoms with Crippen LogP contribution in [0.1, 0.15) is 48.4 Å². The van der Waals surface area contributed by atoms with Crippen LogP contribution in [0.15, 0.2) is 67.1 Å². The lowest BCUT2D eigenvalue weighted by Crippen LogP contribution is -2.43. The van der Waals surface area contributed by atoms with E-state index in [1.165, 1.54) is 0 Å². The fourth-order valence-corrected chi connectivity index (χ4v) is 5.22. The Hall–Kier alpha value is -3.68. The molecule has 0 atom stereocenters. The fourth-order valence-electron chi connectivity index (χ4n) is 5.22. The molecule has 8 heteroatoms. The largest absolute Gasteiger partial charge is 0.366 e. The number of hydrogen-bond acceptors (Lipinski definition) is 5. The standard InChI is InChI=1S/C27H27BN6O/c28-22-18-31-34-24(30-17-19-5-4-12-29-16-19)15-23(32-25(22)34)20-8-13-33(14-9-20)26(35)27(10-11-27)21-6-2-1-3-7-21/h1-7,12,15-16,18,20,30H,8-11,13-14,17H2. The predicted molar refractivity (Wildman–Crippen MR) is 136 cm³/mol. The zero-order chi connectivity index (χ0) is 23.8. The van der Waals surface area contributed by atoms with Gasteiger partial charge in [-0.2, -0.15) is 9.61 Å². The molecule has 6 rings (SSSR count). The maximum absolute atomic E-state index is 13.5. The van der Waals surface area contributed by atoms with Crippen LogP contribution in [-0.4, -0.2) is 51.3 Å². The topological polar surface area (TPSA) is 75.4 Å². The van der Waals surface area contributed by atoms with E-state index in [-0.39, 0.29) is 17.2 Å². The molecule has 1 N–H and O–H groups in total. The van der Waals surface area contributed by atoms with Crippen LogP contribution >= 0.6 is 0 Å². The number of anilines is 1. The average Bonchev–Trinajstić information content (AvgIpc) is 3.65. The first kappa shape index (κ1) is 21.8. The number of hydrogen-bond donors (Lipinski definition) is 1. The first-order valence-corrected chi connectivity index (χ1v) is 12.3. The molecule has 0 spiro atoms. The number of piperidine rings is 1. The van der Waals surface area contributed by atoms with Crippen LogP contribution in [0.5, 0.6) is 0 Å². The zero-order valence-corrected chi connectivity index (χ0v) is 19.6. The molecule has 35 heavy (non-hydrogen) atoms. The number of benzene rings is 1. The third-order valence-electron chi connectivity index (χ3n) is 7.40. The van der Waals surface area contributed by atoms with Gasteiger partial charge in [0.05, 0.1) is 5.41 Å². The van der Waals surface area contributed by atoms with Crippen LogP contribution in [0, 0.1) is 0 Å². The maximum Gasteiger partial charge on any atom is 0.233 e. The van der Waals surface area contributed by atoms with Crippen LogP contribution in [0.3, 0.4) is 0 Å². The highest BCUT2D eigenvalue weighted by Crippen LogP contribution is 2.50. The summed E-state index contributed by atoms with van der Waals surface area (Å²) >= 11 is 0. The van der Waals surface area contributed by atoms with Crippen molar-refractivity contribution in [3.63, 3.8) is 0 Å². The van der Waals surface area contributed by atoms with Gasteiger partial charge in [-0.05, 0) is 48.3 Å². The molecule has 7 nitrogen and oxygen atoms in total. The first-order chi connectivity index (χ1) is 17.1. The summed E-state index contributed by atoms with van der Waals surface area (Å²) in [6.45, 7) is 2.12. The Morgan fingerprint density at radius 3 is 2.60 bits per heavy atom. The molecule has 2 radical (unpaired) electrons. The minimum atomic E-state index is -0.305. The summed E-state index contributed by atoms with van der Waals surface area (Å²) in [4.78, 5) is 24.6. The molecule has 1 amide bonds. The number of aromatic nitrogens is 4. The van der Waals surface area contributed by atoms with E-state index in [1.54, 1.807) is 16.9 Å². The molecule has 2 aliphatic rings. The van der Waals surface area contributed by atoms with Gasteiger partial charge >= 0.3 is 0 Å². The van der Waals surface area contributed by atoms with E-state index in [9.17, 15) is 4.79 Å². The smallest absolute Gasteiger partial charge is 0.233 e. The fraction of sp³-hybridized carbons (Fsp3) is 0.333. The van der Waals surface area contributed by atoms with Gasteiger partial charge in [0.15, 0.2) is 0 Å². The van der Waals surface area contributed by atoms with Crippen molar-refractivity contribution in [2.45, 2.75) is 43.6 Å². The molecular weight excluding hydrogens is 435 g/mol. The number of pyridine rings is 1. The van der Waals surface area contributed by atoms with Crippen LogP contribution in [-0.2, 0) is 16.8 Å². The van der Waals surface area contributed by atoms with Crippen LogP contribution in [0.4, 0.5) is 5.82 Å². The molecule has 1 aliphatic carbocycles. The molecule has 174 valence electrons. The number of nitrogens with zero attached hydrogens (tertiary/aromatic N) is 5. The molecule has 1 aromatic carbocycles. The molecule has 0 unspecified atom stereocenters. The number of nitrogens with one attached hydrogen (secondary N) is 1. The number of amides is 1. The number of rotatable bonds is 6. The van der Waals surface area contributed by atoms with E-state index in [1.807, 2.05) is 36.5 Å². The van der Waals surface area contributed by atoms with Gasteiger partial charge in [0, 0.05) is 55.9 Å². The summed E-state index contributed by atoms with van der Waals surface area (Å²) in [5.41, 5.74) is 4.15. The average molecular weight is 462 g/mol. The molecular formula is C27H27BN6O. The third kappa shape index (κ3) is 4.07. The van der Waals surface area contributed by atoms with Crippen molar-refractivity contribution in [1.29, 1.82) is 0 Å². The normalized spacial score (nSPS) is 17.4. The van der Waals surface area contributed by atoms with Crippen molar-refractivity contribution in [2.75, 3.05) is 18.4 Å². The summed E-state index contributed by atoms with van der Waals surface area (Å²) in [6.07, 6.45) is 8.91. The van der Waals surface area contributed by atoms with Crippen molar-refractivity contribution in [3.05, 3.63) is 83.9 Å². The quantitative estimate of drug-likeness (QED) is 0.446. The van der Waals surface area contributed by atoms with E-state index >= 15 is 0 Å². The molecule has 4 heterocycles. The van der Waals surface area contributed by atoms with Crippen LogP contribution in [0.2, 0.25) is 0 Å².